The molecule has 0 fully saturated rings. The molecule has 3 rings (SSSR count). The fourth-order valence-corrected chi connectivity index (χ4v) is 5.20. The van der Waals surface area contributed by atoms with E-state index in [2.05, 4.69) is 33.9 Å². The number of hydrogen-bond acceptors (Lipinski definition) is 3. The summed E-state index contributed by atoms with van der Waals surface area (Å²) >= 11 is 11.8. The van der Waals surface area contributed by atoms with E-state index in [0.717, 1.165) is 45.3 Å². The molecule has 4 nitrogen and oxygen atoms in total. The predicted octanol–water partition coefficient (Wildman–Crippen LogP) is 4.92. The number of halogens is 3. The lowest BCUT2D eigenvalue weighted by Crippen LogP contribution is -2.31. The summed E-state index contributed by atoms with van der Waals surface area (Å²) < 4.78 is 27.2. The van der Waals surface area contributed by atoms with Crippen molar-refractivity contribution in [2.45, 2.75) is 37.1 Å². The molecule has 0 aliphatic carbocycles. The van der Waals surface area contributed by atoms with Gasteiger partial charge in [-0.3, -0.25) is 4.90 Å². The van der Waals surface area contributed by atoms with Crippen LogP contribution < -0.4 is 4.72 Å². The first-order valence-corrected chi connectivity index (χ1v) is 11.4. The summed E-state index contributed by atoms with van der Waals surface area (Å²) in [5.41, 5.74) is 2.89. The molecule has 0 unspecified atom stereocenters. The highest BCUT2D eigenvalue weighted by atomic mass is 35.5. The van der Waals surface area contributed by atoms with Crippen molar-refractivity contribution in [2.75, 3.05) is 19.6 Å². The minimum absolute atomic E-state index is 0. The fraction of sp³-hybridized carbons (Fsp3) is 0.400. The summed E-state index contributed by atoms with van der Waals surface area (Å²) in [5.74, 6) is 0. The summed E-state index contributed by atoms with van der Waals surface area (Å²) in [6, 6.07) is 13.0. The van der Waals surface area contributed by atoms with Gasteiger partial charge < -0.3 is 0 Å². The zero-order valence-corrected chi connectivity index (χ0v) is 18.7. The van der Waals surface area contributed by atoms with Gasteiger partial charge in [0.15, 0.2) is 0 Å². The lowest BCUT2D eigenvalue weighted by Gasteiger charge is -2.28. The second kappa shape index (κ2) is 10.8. The molecule has 0 radical (unpaired) electrons. The van der Waals surface area contributed by atoms with E-state index in [0.29, 0.717) is 11.6 Å². The van der Waals surface area contributed by atoms with E-state index in [4.69, 9.17) is 23.2 Å². The van der Waals surface area contributed by atoms with Crippen LogP contribution in [-0.2, 0) is 23.0 Å². The van der Waals surface area contributed by atoms with Crippen molar-refractivity contribution in [3.63, 3.8) is 0 Å². The van der Waals surface area contributed by atoms with Crippen LogP contribution in [0.25, 0.3) is 0 Å². The van der Waals surface area contributed by atoms with E-state index >= 15 is 0 Å². The van der Waals surface area contributed by atoms with Gasteiger partial charge in [-0.25, -0.2) is 13.1 Å². The first-order chi connectivity index (χ1) is 13.0. The molecule has 0 amide bonds. The molecule has 0 aromatic heterocycles. The van der Waals surface area contributed by atoms with Crippen molar-refractivity contribution < 1.29 is 8.42 Å². The van der Waals surface area contributed by atoms with E-state index in [9.17, 15) is 8.42 Å². The summed E-state index contributed by atoms with van der Waals surface area (Å²) in [5, 5.41) is 0.555. The zero-order valence-electron chi connectivity index (χ0n) is 15.5. The molecule has 8 heteroatoms. The van der Waals surface area contributed by atoms with Crippen molar-refractivity contribution in [2.24, 2.45) is 0 Å². The molecule has 2 aromatic carbocycles. The number of nitrogens with zero attached hydrogens (tertiary/aromatic N) is 1. The number of nitrogens with one attached hydrogen (secondary N) is 1. The number of unbranched alkanes of at least 4 members (excludes halogenated alkanes) is 2. The van der Waals surface area contributed by atoms with Crippen LogP contribution in [0, 0.1) is 0 Å². The maximum atomic E-state index is 12.3. The Kier molecular flexibility index (Phi) is 9.06. The standard InChI is InChI=1S/C20H24Cl2N2O2S.ClH/c21-18-8-9-20(19(22)14-18)27(25,26)23-11-4-1-5-12-24-13-10-16-6-2-3-7-17(16)15-24;/h2-3,6-9,14,23H,1,4-5,10-13,15H2;1H. The van der Waals surface area contributed by atoms with E-state index < -0.39 is 10.0 Å². The van der Waals surface area contributed by atoms with Crippen molar-refractivity contribution in [1.82, 2.24) is 9.62 Å². The largest absolute Gasteiger partial charge is 0.299 e. The average molecular weight is 464 g/mol. The van der Waals surface area contributed by atoms with Crippen LogP contribution in [0.4, 0.5) is 0 Å². The zero-order chi connectivity index (χ0) is 19.3. The van der Waals surface area contributed by atoms with Crippen molar-refractivity contribution in [3.05, 3.63) is 63.6 Å². The highest BCUT2D eigenvalue weighted by Gasteiger charge is 2.18. The number of rotatable bonds is 8. The van der Waals surface area contributed by atoms with Crippen molar-refractivity contribution in [1.29, 1.82) is 0 Å². The number of fused-ring (bicyclic) bond motifs is 1. The van der Waals surface area contributed by atoms with Crippen LogP contribution in [0.3, 0.4) is 0 Å². The SMILES string of the molecule is Cl.O=S(=O)(NCCCCCN1CCc2ccccc2C1)c1ccc(Cl)cc1Cl. The molecule has 0 atom stereocenters. The Morgan fingerprint density at radius 1 is 1.00 bits per heavy atom. The third-order valence-electron chi connectivity index (χ3n) is 4.84. The molecule has 1 aliphatic rings. The summed E-state index contributed by atoms with van der Waals surface area (Å²) in [6.07, 6.45) is 3.95. The van der Waals surface area contributed by atoms with Gasteiger partial charge >= 0.3 is 0 Å². The normalized spacial score (nSPS) is 14.4. The van der Waals surface area contributed by atoms with Crippen LogP contribution in [0.2, 0.25) is 10.0 Å². The van der Waals surface area contributed by atoms with Gasteiger partial charge in [-0.05, 0) is 55.1 Å². The molecule has 0 bridgehead atoms. The maximum absolute atomic E-state index is 12.3. The highest BCUT2D eigenvalue weighted by molar-refractivity contribution is 7.89. The van der Waals surface area contributed by atoms with E-state index in [1.54, 1.807) is 0 Å². The molecule has 0 spiro atoms. The van der Waals surface area contributed by atoms with Crippen LogP contribution in [0.15, 0.2) is 47.4 Å². The molecular formula is C20H25Cl3N2O2S. The Bertz CT molecular complexity index is 891. The van der Waals surface area contributed by atoms with Gasteiger partial charge in [0.1, 0.15) is 4.90 Å². The Morgan fingerprint density at radius 3 is 2.50 bits per heavy atom. The molecule has 0 saturated carbocycles. The topological polar surface area (TPSA) is 49.4 Å². The summed E-state index contributed by atoms with van der Waals surface area (Å²) in [6.45, 7) is 3.56. The molecule has 2 aromatic rings. The monoisotopic (exact) mass is 462 g/mol. The lowest BCUT2D eigenvalue weighted by molar-refractivity contribution is 0.248. The maximum Gasteiger partial charge on any atom is 0.242 e. The lowest BCUT2D eigenvalue weighted by atomic mass is 10.00. The van der Waals surface area contributed by atoms with Gasteiger partial charge in [-0.1, -0.05) is 53.9 Å². The highest BCUT2D eigenvalue weighted by Crippen LogP contribution is 2.24. The van der Waals surface area contributed by atoms with Gasteiger partial charge in [-0.2, -0.15) is 0 Å². The second-order valence-corrected chi connectivity index (χ2v) is 9.41. The summed E-state index contributed by atoms with van der Waals surface area (Å²) in [4.78, 5) is 2.54. The molecular weight excluding hydrogens is 439 g/mol. The number of benzene rings is 2. The van der Waals surface area contributed by atoms with Crippen LogP contribution in [0.1, 0.15) is 30.4 Å². The quantitative estimate of drug-likeness (QED) is 0.565. The number of hydrogen-bond donors (Lipinski definition) is 1. The van der Waals surface area contributed by atoms with Gasteiger partial charge in [0.2, 0.25) is 10.0 Å². The fourth-order valence-electron chi connectivity index (χ4n) is 3.36. The van der Waals surface area contributed by atoms with Gasteiger partial charge in [-0.15, -0.1) is 12.4 Å². The molecule has 1 aliphatic heterocycles. The third kappa shape index (κ3) is 6.34. The van der Waals surface area contributed by atoms with Crippen molar-refractivity contribution >= 4 is 45.6 Å². The second-order valence-electron chi connectivity index (χ2n) is 6.83. The Hall–Kier alpha value is -0.820. The Balaban J connectivity index is 0.00000280. The first-order valence-electron chi connectivity index (χ1n) is 9.19. The molecule has 1 N–H and O–H groups in total. The molecule has 154 valence electrons. The van der Waals surface area contributed by atoms with Crippen LogP contribution in [0.5, 0.6) is 0 Å². The van der Waals surface area contributed by atoms with E-state index in [1.807, 2.05) is 0 Å². The minimum Gasteiger partial charge on any atom is -0.299 e. The smallest absolute Gasteiger partial charge is 0.242 e. The van der Waals surface area contributed by atoms with Gasteiger partial charge in [0.25, 0.3) is 0 Å². The third-order valence-corrected chi connectivity index (χ3v) is 7.02. The van der Waals surface area contributed by atoms with Gasteiger partial charge in [0, 0.05) is 24.7 Å². The Labute approximate surface area is 183 Å². The molecule has 1 heterocycles. The van der Waals surface area contributed by atoms with E-state index in [1.165, 1.54) is 29.3 Å². The predicted molar refractivity (Wildman–Crippen MR) is 118 cm³/mol. The van der Waals surface area contributed by atoms with Gasteiger partial charge in [0.05, 0.1) is 5.02 Å². The summed E-state index contributed by atoms with van der Waals surface area (Å²) in [7, 11) is -3.60. The molecule has 28 heavy (non-hydrogen) atoms. The van der Waals surface area contributed by atoms with Crippen molar-refractivity contribution in [3.8, 4) is 0 Å². The average Bonchev–Trinajstić information content (AvgIpc) is 2.64. The van der Waals surface area contributed by atoms with Crippen LogP contribution >= 0.6 is 35.6 Å². The number of sulfonamides is 1. The molecule has 0 saturated heterocycles. The minimum atomic E-state index is -3.60. The van der Waals surface area contributed by atoms with E-state index in [-0.39, 0.29) is 22.3 Å². The first kappa shape index (κ1) is 23.5. The Morgan fingerprint density at radius 2 is 1.75 bits per heavy atom. The van der Waals surface area contributed by atoms with Crippen LogP contribution in [-0.4, -0.2) is 33.0 Å².